The number of allylic oxidation sites excluding steroid dienone is 1. The number of ether oxygens (including phenoxy) is 1. The summed E-state index contributed by atoms with van der Waals surface area (Å²) in [6.07, 6.45) is 6.98. The Hall–Kier alpha value is -2.06. The lowest BCUT2D eigenvalue weighted by molar-refractivity contribution is 0.138. The van der Waals surface area contributed by atoms with E-state index in [-0.39, 0.29) is 6.10 Å². The summed E-state index contributed by atoms with van der Waals surface area (Å²) in [5, 5.41) is 0. The van der Waals surface area contributed by atoms with Crippen molar-refractivity contribution < 1.29 is 4.74 Å². The number of aryl methyl sites for hydroxylation is 1. The van der Waals surface area contributed by atoms with Crippen LogP contribution in [0.25, 0.3) is 0 Å². The summed E-state index contributed by atoms with van der Waals surface area (Å²) >= 11 is 0. The Morgan fingerprint density at radius 3 is 2.55 bits per heavy atom. The molecule has 1 aliphatic rings. The van der Waals surface area contributed by atoms with Gasteiger partial charge in [-0.15, -0.1) is 0 Å². The first kappa shape index (κ1) is 25.2. The molecule has 0 bridgehead atoms. The average Bonchev–Trinajstić information content (AvgIpc) is 3.11. The summed E-state index contributed by atoms with van der Waals surface area (Å²) in [6, 6.07) is 15.3. The zero-order chi connectivity index (χ0) is 22.8. The van der Waals surface area contributed by atoms with Crippen LogP contribution in [0, 0.1) is 18.8 Å². The smallest absolute Gasteiger partial charge is 0.127 e. The Morgan fingerprint density at radius 1 is 1.16 bits per heavy atom. The fourth-order valence-electron chi connectivity index (χ4n) is 4.70. The molecule has 3 rings (SSSR count). The van der Waals surface area contributed by atoms with Crippen LogP contribution in [-0.4, -0.2) is 6.54 Å². The van der Waals surface area contributed by atoms with Gasteiger partial charge in [0.2, 0.25) is 0 Å². The van der Waals surface area contributed by atoms with E-state index in [2.05, 4.69) is 69.8 Å². The van der Waals surface area contributed by atoms with Crippen molar-refractivity contribution in [3.63, 3.8) is 0 Å². The van der Waals surface area contributed by atoms with Gasteiger partial charge in [0.15, 0.2) is 0 Å². The van der Waals surface area contributed by atoms with Gasteiger partial charge >= 0.3 is 0 Å². The Morgan fingerprint density at radius 2 is 1.90 bits per heavy atom. The van der Waals surface area contributed by atoms with Gasteiger partial charge in [0, 0.05) is 5.92 Å². The van der Waals surface area contributed by atoms with Crippen LogP contribution in [0.15, 0.2) is 54.6 Å². The van der Waals surface area contributed by atoms with Gasteiger partial charge in [-0.1, -0.05) is 69.7 Å². The molecule has 1 unspecified atom stereocenters. The van der Waals surface area contributed by atoms with Crippen molar-refractivity contribution in [1.82, 2.24) is 0 Å². The van der Waals surface area contributed by atoms with Crippen molar-refractivity contribution in [3.8, 4) is 5.75 Å². The normalized spacial score (nSPS) is 18.0. The molecule has 0 amide bonds. The molecule has 0 aliphatic heterocycles. The summed E-state index contributed by atoms with van der Waals surface area (Å²) in [5.41, 5.74) is 12.6. The van der Waals surface area contributed by atoms with Crippen LogP contribution in [0.5, 0.6) is 5.75 Å². The number of hydrogen-bond donors (Lipinski definition) is 1. The molecule has 2 nitrogen and oxygen atoms in total. The quantitative estimate of drug-likeness (QED) is 0.401. The number of fused-ring (bicyclic) bond motifs is 1. The molecule has 2 aromatic rings. The summed E-state index contributed by atoms with van der Waals surface area (Å²) in [7, 11) is 0. The van der Waals surface area contributed by atoms with Crippen LogP contribution in [-0.2, 0) is 12.8 Å². The third-order valence-corrected chi connectivity index (χ3v) is 6.32. The molecule has 2 N–H and O–H groups in total. The van der Waals surface area contributed by atoms with Crippen LogP contribution in [0.4, 0.5) is 0 Å². The van der Waals surface area contributed by atoms with Gasteiger partial charge < -0.3 is 10.5 Å². The highest BCUT2D eigenvalue weighted by atomic mass is 16.5. The van der Waals surface area contributed by atoms with Crippen LogP contribution in [0.1, 0.15) is 81.7 Å². The monoisotopic (exact) mass is 421 g/mol. The molecule has 0 heterocycles. The highest BCUT2D eigenvalue weighted by Crippen LogP contribution is 2.42. The molecule has 31 heavy (non-hydrogen) atoms. The van der Waals surface area contributed by atoms with Gasteiger partial charge in [0.1, 0.15) is 11.9 Å². The van der Waals surface area contributed by atoms with E-state index in [4.69, 9.17) is 10.5 Å². The second kappa shape index (κ2) is 12.7. The predicted molar refractivity (Wildman–Crippen MR) is 135 cm³/mol. The first-order valence-electron chi connectivity index (χ1n) is 12.2. The number of rotatable bonds is 10. The van der Waals surface area contributed by atoms with Crippen LogP contribution in [0.2, 0.25) is 0 Å². The number of hydrogen-bond acceptors (Lipinski definition) is 2. The molecule has 0 spiro atoms. The molecule has 1 aliphatic carbocycles. The summed E-state index contributed by atoms with van der Waals surface area (Å²) < 4.78 is 6.63. The maximum atomic E-state index is 6.63. The van der Waals surface area contributed by atoms with Crippen molar-refractivity contribution in [2.75, 3.05) is 6.54 Å². The van der Waals surface area contributed by atoms with E-state index in [0.29, 0.717) is 11.8 Å². The van der Waals surface area contributed by atoms with E-state index in [1.54, 1.807) is 0 Å². The second-order valence-electron chi connectivity index (χ2n) is 8.89. The number of nitrogens with two attached hydrogens (primary N) is 1. The molecular weight excluding hydrogens is 378 g/mol. The molecule has 2 aromatic carbocycles. The van der Waals surface area contributed by atoms with E-state index >= 15 is 0 Å². The third kappa shape index (κ3) is 6.97. The zero-order valence-electron chi connectivity index (χ0n) is 20.4. The standard InChI is InChI=1S/C27H37NO.C2H6/c1-5-8-21(18-28)11-12-24-17-23-9-6-7-10-26(23)27(24)29-25-14-13-22(15-19(2)3)20(4)16-25;1-2/h6-7,9-10,13-14,16,21,24,27H,2,5,8,11-12,15,17-18,28H2,1,3-4H3;1-2H3/t21?,24-,27+;/m1./s1. The van der Waals surface area contributed by atoms with Gasteiger partial charge in [-0.3, -0.25) is 0 Å². The topological polar surface area (TPSA) is 35.2 Å². The maximum absolute atomic E-state index is 6.63. The predicted octanol–water partition coefficient (Wildman–Crippen LogP) is 7.59. The summed E-state index contributed by atoms with van der Waals surface area (Å²) in [4.78, 5) is 0. The van der Waals surface area contributed by atoms with E-state index in [0.717, 1.165) is 25.1 Å². The summed E-state index contributed by atoms with van der Waals surface area (Å²) in [5.74, 6) is 2.13. The fraction of sp³-hybridized carbons (Fsp3) is 0.517. The Balaban J connectivity index is 0.00000166. The lowest BCUT2D eigenvalue weighted by atomic mass is 9.90. The van der Waals surface area contributed by atoms with Gasteiger partial charge in [-0.2, -0.15) is 0 Å². The lowest BCUT2D eigenvalue weighted by Crippen LogP contribution is -2.19. The van der Waals surface area contributed by atoms with Crippen molar-refractivity contribution in [1.29, 1.82) is 0 Å². The Bertz CT molecular complexity index is 825. The van der Waals surface area contributed by atoms with Crippen molar-refractivity contribution >= 4 is 0 Å². The first-order chi connectivity index (χ1) is 15.0. The molecule has 2 heteroatoms. The minimum atomic E-state index is 0.137. The Labute approximate surface area is 190 Å². The fourth-order valence-corrected chi connectivity index (χ4v) is 4.70. The lowest BCUT2D eigenvalue weighted by Gasteiger charge is -2.24. The third-order valence-electron chi connectivity index (χ3n) is 6.32. The largest absolute Gasteiger partial charge is 0.485 e. The van der Waals surface area contributed by atoms with Crippen LogP contribution < -0.4 is 10.5 Å². The van der Waals surface area contributed by atoms with Gasteiger partial charge in [-0.05, 0) is 92.8 Å². The Kier molecular flexibility index (Phi) is 10.3. The summed E-state index contributed by atoms with van der Waals surface area (Å²) in [6.45, 7) is 15.3. The van der Waals surface area contributed by atoms with Crippen molar-refractivity contribution in [2.24, 2.45) is 17.6 Å². The zero-order valence-corrected chi connectivity index (χ0v) is 20.4. The molecule has 3 atom stereocenters. The van der Waals surface area contributed by atoms with Gasteiger partial charge in [0.05, 0.1) is 0 Å². The van der Waals surface area contributed by atoms with Crippen molar-refractivity contribution in [2.45, 2.75) is 79.2 Å². The van der Waals surface area contributed by atoms with E-state index in [1.165, 1.54) is 53.5 Å². The first-order valence-corrected chi connectivity index (χ1v) is 12.2. The maximum Gasteiger partial charge on any atom is 0.127 e. The second-order valence-corrected chi connectivity index (χ2v) is 8.89. The molecule has 0 radical (unpaired) electrons. The van der Waals surface area contributed by atoms with Crippen molar-refractivity contribution in [3.05, 3.63) is 76.9 Å². The van der Waals surface area contributed by atoms with Gasteiger partial charge in [-0.25, -0.2) is 0 Å². The minimum Gasteiger partial charge on any atom is -0.485 e. The molecule has 0 saturated heterocycles. The number of benzene rings is 2. The average molecular weight is 422 g/mol. The SMILES string of the molecule is C=C(C)Cc1ccc(O[C@@H]2c3ccccc3C[C@H]2CCC(CN)CCC)cc1C.CC. The molecule has 0 aromatic heterocycles. The highest BCUT2D eigenvalue weighted by Gasteiger charge is 2.34. The highest BCUT2D eigenvalue weighted by molar-refractivity contribution is 5.39. The van der Waals surface area contributed by atoms with Crippen LogP contribution in [0.3, 0.4) is 0 Å². The van der Waals surface area contributed by atoms with E-state index < -0.39 is 0 Å². The molecule has 0 saturated carbocycles. The van der Waals surface area contributed by atoms with Crippen LogP contribution >= 0.6 is 0 Å². The van der Waals surface area contributed by atoms with E-state index in [9.17, 15) is 0 Å². The van der Waals surface area contributed by atoms with Gasteiger partial charge in [0.25, 0.3) is 0 Å². The minimum absolute atomic E-state index is 0.137. The van der Waals surface area contributed by atoms with E-state index in [1.807, 2.05) is 13.8 Å². The molecule has 170 valence electrons. The molecule has 0 fully saturated rings. The molecular formula is C29H43NO.